The van der Waals surface area contributed by atoms with Gasteiger partial charge in [0.1, 0.15) is 6.10 Å². The first-order valence-electron chi connectivity index (χ1n) is 9.82. The molecule has 6 heteroatoms. The van der Waals surface area contributed by atoms with Gasteiger partial charge in [0, 0.05) is 49.7 Å². The lowest BCUT2D eigenvalue weighted by Gasteiger charge is -2.36. The second kappa shape index (κ2) is 8.44. The van der Waals surface area contributed by atoms with E-state index < -0.39 is 0 Å². The number of benzene rings is 2. The third kappa shape index (κ3) is 4.17. The molecule has 2 saturated heterocycles. The predicted octanol–water partition coefficient (Wildman–Crippen LogP) is 2.77. The lowest BCUT2D eigenvalue weighted by atomic mass is 10.1. The molecular formula is C22H25N3O3. The SMILES string of the molecule is O=C(Nc1ccc(C(=O)N2CCN(c3ccccc3)CC2)cc1)[C@@H]1CCCO1. The van der Waals surface area contributed by atoms with Crippen LogP contribution in [0.5, 0.6) is 0 Å². The molecule has 4 rings (SSSR count). The molecule has 2 fully saturated rings. The molecule has 2 amide bonds. The van der Waals surface area contributed by atoms with Crippen LogP contribution in [0, 0.1) is 0 Å². The molecular weight excluding hydrogens is 354 g/mol. The van der Waals surface area contributed by atoms with Crippen LogP contribution >= 0.6 is 0 Å². The van der Waals surface area contributed by atoms with Crippen molar-refractivity contribution in [3.05, 3.63) is 60.2 Å². The number of nitrogens with zero attached hydrogens (tertiary/aromatic N) is 2. The first kappa shape index (κ1) is 18.5. The third-order valence-corrected chi connectivity index (χ3v) is 5.31. The van der Waals surface area contributed by atoms with Crippen molar-refractivity contribution in [3.8, 4) is 0 Å². The predicted molar refractivity (Wildman–Crippen MR) is 109 cm³/mol. The van der Waals surface area contributed by atoms with E-state index in [9.17, 15) is 9.59 Å². The molecule has 0 aromatic heterocycles. The molecule has 6 nitrogen and oxygen atoms in total. The van der Waals surface area contributed by atoms with E-state index in [1.807, 2.05) is 23.1 Å². The molecule has 0 aliphatic carbocycles. The minimum atomic E-state index is -0.359. The summed E-state index contributed by atoms with van der Waals surface area (Å²) in [5, 5.41) is 2.86. The summed E-state index contributed by atoms with van der Waals surface area (Å²) in [4.78, 5) is 29.1. The smallest absolute Gasteiger partial charge is 0.253 e. The first-order chi connectivity index (χ1) is 13.7. The highest BCUT2D eigenvalue weighted by Crippen LogP contribution is 2.19. The second-order valence-electron chi connectivity index (χ2n) is 7.18. The zero-order chi connectivity index (χ0) is 19.3. The average Bonchev–Trinajstić information content (AvgIpc) is 3.30. The Morgan fingerprint density at radius 1 is 0.929 bits per heavy atom. The molecule has 0 radical (unpaired) electrons. The van der Waals surface area contributed by atoms with Crippen molar-refractivity contribution in [2.24, 2.45) is 0 Å². The molecule has 0 spiro atoms. The Balaban J connectivity index is 1.32. The van der Waals surface area contributed by atoms with Gasteiger partial charge in [0.2, 0.25) is 0 Å². The van der Waals surface area contributed by atoms with E-state index in [0.717, 1.165) is 25.9 Å². The molecule has 28 heavy (non-hydrogen) atoms. The van der Waals surface area contributed by atoms with Crippen molar-refractivity contribution >= 4 is 23.2 Å². The Morgan fingerprint density at radius 3 is 2.29 bits per heavy atom. The fraction of sp³-hybridized carbons (Fsp3) is 0.364. The Morgan fingerprint density at radius 2 is 1.64 bits per heavy atom. The van der Waals surface area contributed by atoms with E-state index in [0.29, 0.717) is 30.9 Å². The number of amides is 2. The lowest BCUT2D eigenvalue weighted by molar-refractivity contribution is -0.124. The molecule has 0 saturated carbocycles. The number of anilines is 2. The van der Waals surface area contributed by atoms with Crippen LogP contribution in [0.1, 0.15) is 23.2 Å². The van der Waals surface area contributed by atoms with Gasteiger partial charge >= 0.3 is 0 Å². The summed E-state index contributed by atoms with van der Waals surface area (Å²) in [6.45, 7) is 3.69. The summed E-state index contributed by atoms with van der Waals surface area (Å²) in [6.07, 6.45) is 1.32. The number of carbonyl (C=O) groups excluding carboxylic acids is 2. The molecule has 1 N–H and O–H groups in total. The molecule has 2 heterocycles. The van der Waals surface area contributed by atoms with Crippen LogP contribution in [0.4, 0.5) is 11.4 Å². The van der Waals surface area contributed by atoms with Crippen molar-refractivity contribution in [1.29, 1.82) is 0 Å². The third-order valence-electron chi connectivity index (χ3n) is 5.31. The van der Waals surface area contributed by atoms with Crippen molar-refractivity contribution in [2.45, 2.75) is 18.9 Å². The minimum Gasteiger partial charge on any atom is -0.368 e. The number of para-hydroxylation sites is 1. The van der Waals surface area contributed by atoms with E-state index >= 15 is 0 Å². The minimum absolute atomic E-state index is 0.0321. The highest BCUT2D eigenvalue weighted by Gasteiger charge is 2.24. The molecule has 2 aromatic carbocycles. The largest absolute Gasteiger partial charge is 0.368 e. The summed E-state index contributed by atoms with van der Waals surface area (Å²) in [5.74, 6) is -0.0849. The van der Waals surface area contributed by atoms with Gasteiger partial charge in [-0.1, -0.05) is 18.2 Å². The van der Waals surface area contributed by atoms with Crippen LogP contribution in [0.15, 0.2) is 54.6 Å². The normalized spacial score (nSPS) is 19.5. The molecule has 2 aliphatic heterocycles. The Kier molecular flexibility index (Phi) is 5.58. The number of nitrogens with one attached hydrogen (secondary N) is 1. The van der Waals surface area contributed by atoms with Crippen molar-refractivity contribution in [3.63, 3.8) is 0 Å². The zero-order valence-corrected chi connectivity index (χ0v) is 15.8. The van der Waals surface area contributed by atoms with Gasteiger partial charge in [-0.2, -0.15) is 0 Å². The Labute approximate surface area is 165 Å². The zero-order valence-electron chi connectivity index (χ0n) is 15.8. The maximum atomic E-state index is 12.8. The van der Waals surface area contributed by atoms with Crippen molar-refractivity contribution in [2.75, 3.05) is 43.0 Å². The van der Waals surface area contributed by atoms with E-state index in [2.05, 4.69) is 22.3 Å². The van der Waals surface area contributed by atoms with Gasteiger partial charge in [-0.15, -0.1) is 0 Å². The molecule has 0 bridgehead atoms. The van der Waals surface area contributed by atoms with Gasteiger partial charge in [0.15, 0.2) is 0 Å². The number of hydrogen-bond acceptors (Lipinski definition) is 4. The average molecular weight is 379 g/mol. The standard InChI is InChI=1S/C22H25N3O3/c26-21(20-7-4-16-28-20)23-18-10-8-17(9-11-18)22(27)25-14-12-24(13-15-25)19-5-2-1-3-6-19/h1-3,5-6,8-11,20H,4,7,12-16H2,(H,23,26)/t20-/m0/s1. The fourth-order valence-corrected chi connectivity index (χ4v) is 3.69. The summed E-state index contributed by atoms with van der Waals surface area (Å²) in [7, 11) is 0. The number of carbonyl (C=O) groups is 2. The van der Waals surface area contributed by atoms with Gasteiger partial charge in [0.05, 0.1) is 0 Å². The molecule has 146 valence electrons. The maximum absolute atomic E-state index is 12.8. The number of ether oxygens (including phenoxy) is 1. The van der Waals surface area contributed by atoms with Gasteiger partial charge in [-0.3, -0.25) is 9.59 Å². The number of hydrogen-bond donors (Lipinski definition) is 1. The van der Waals surface area contributed by atoms with Gasteiger partial charge in [-0.05, 0) is 49.2 Å². The molecule has 1 atom stereocenters. The maximum Gasteiger partial charge on any atom is 0.253 e. The van der Waals surface area contributed by atoms with E-state index in [1.165, 1.54) is 5.69 Å². The summed E-state index contributed by atoms with van der Waals surface area (Å²) in [6, 6.07) is 17.4. The van der Waals surface area contributed by atoms with E-state index in [-0.39, 0.29) is 17.9 Å². The highest BCUT2D eigenvalue weighted by atomic mass is 16.5. The van der Waals surface area contributed by atoms with Crippen molar-refractivity contribution in [1.82, 2.24) is 4.90 Å². The molecule has 2 aromatic rings. The van der Waals surface area contributed by atoms with Crippen LogP contribution < -0.4 is 10.2 Å². The van der Waals surface area contributed by atoms with Crippen LogP contribution in [0.3, 0.4) is 0 Å². The van der Waals surface area contributed by atoms with Gasteiger partial charge in [-0.25, -0.2) is 0 Å². The Hall–Kier alpha value is -2.86. The Bertz CT molecular complexity index is 809. The lowest BCUT2D eigenvalue weighted by Crippen LogP contribution is -2.48. The second-order valence-corrected chi connectivity index (χ2v) is 7.18. The van der Waals surface area contributed by atoms with Crippen molar-refractivity contribution < 1.29 is 14.3 Å². The number of rotatable bonds is 4. The van der Waals surface area contributed by atoms with Crippen LogP contribution in [-0.2, 0) is 9.53 Å². The van der Waals surface area contributed by atoms with Gasteiger partial charge in [0.25, 0.3) is 11.8 Å². The molecule has 0 unspecified atom stereocenters. The van der Waals surface area contributed by atoms with Gasteiger partial charge < -0.3 is 19.9 Å². The van der Waals surface area contributed by atoms with E-state index in [1.54, 1.807) is 24.3 Å². The fourth-order valence-electron chi connectivity index (χ4n) is 3.69. The number of piperazine rings is 1. The highest BCUT2D eigenvalue weighted by molar-refractivity contribution is 5.97. The molecule has 2 aliphatic rings. The monoisotopic (exact) mass is 379 g/mol. The quantitative estimate of drug-likeness (QED) is 0.887. The summed E-state index contributed by atoms with van der Waals surface area (Å²) < 4.78 is 5.39. The van der Waals surface area contributed by atoms with Crippen LogP contribution in [-0.4, -0.2) is 55.6 Å². The van der Waals surface area contributed by atoms with Crippen LogP contribution in [0.25, 0.3) is 0 Å². The topological polar surface area (TPSA) is 61.9 Å². The van der Waals surface area contributed by atoms with Crippen LogP contribution in [0.2, 0.25) is 0 Å². The van der Waals surface area contributed by atoms with E-state index in [4.69, 9.17) is 4.74 Å². The summed E-state index contributed by atoms with van der Waals surface area (Å²) in [5.41, 5.74) is 2.52. The summed E-state index contributed by atoms with van der Waals surface area (Å²) >= 11 is 0. The first-order valence-corrected chi connectivity index (χ1v) is 9.82.